The Kier molecular flexibility index (Phi) is 11.0. The van der Waals surface area contributed by atoms with E-state index in [1.807, 2.05) is 43.3 Å². The van der Waals surface area contributed by atoms with Gasteiger partial charge in [0.1, 0.15) is 17.1 Å². The Bertz CT molecular complexity index is 953. The van der Waals surface area contributed by atoms with E-state index in [1.54, 1.807) is 12.2 Å². The second kappa shape index (κ2) is 12.6. The summed E-state index contributed by atoms with van der Waals surface area (Å²) in [6.45, 7) is 6.09. The number of hydrogen-bond acceptors (Lipinski definition) is 3. The first-order valence-electron chi connectivity index (χ1n) is 9.62. The van der Waals surface area contributed by atoms with Crippen LogP contribution < -0.4 is 0 Å². The van der Waals surface area contributed by atoms with Gasteiger partial charge in [-0.3, -0.25) is 0 Å². The standard InChI is InChI=1S/C25H28O4.Ca/c1-17(2)8-7-9-18(3)12-15-21-22(26)16-20(23(24(21)27)25(28)29)14-13-19-10-5-4-6-11-19;/h4-6,8,10-14,16,26-27H,7,9,15H2,1-3H3,(H,28,29);/q;+2/b14-13+,18-12+;. The van der Waals surface area contributed by atoms with Crippen molar-refractivity contribution in [1.29, 1.82) is 0 Å². The largest absolute Gasteiger partial charge is 2.00 e. The third-order valence-corrected chi connectivity index (χ3v) is 4.63. The molecular weight excluding hydrogens is 404 g/mol. The minimum Gasteiger partial charge on any atom is -0.507 e. The molecule has 0 spiro atoms. The van der Waals surface area contributed by atoms with Crippen molar-refractivity contribution in [3.05, 3.63) is 82.0 Å². The average Bonchev–Trinajstić information content (AvgIpc) is 2.66. The molecule has 4 nitrogen and oxygen atoms in total. The second-order valence-corrected chi connectivity index (χ2v) is 7.31. The van der Waals surface area contributed by atoms with Crippen LogP contribution in [0, 0.1) is 0 Å². The fraction of sp³-hybridized carbons (Fsp3) is 0.240. The van der Waals surface area contributed by atoms with Crippen LogP contribution in [0.4, 0.5) is 0 Å². The second-order valence-electron chi connectivity index (χ2n) is 7.31. The van der Waals surface area contributed by atoms with E-state index in [1.165, 1.54) is 11.6 Å². The van der Waals surface area contributed by atoms with Gasteiger partial charge in [0.15, 0.2) is 0 Å². The number of carboxylic acids is 1. The Morgan fingerprint density at radius 3 is 2.27 bits per heavy atom. The molecule has 0 saturated carbocycles. The van der Waals surface area contributed by atoms with Crippen molar-refractivity contribution in [2.75, 3.05) is 0 Å². The Balaban J connectivity index is 0.00000450. The van der Waals surface area contributed by atoms with Gasteiger partial charge in [-0.2, -0.15) is 0 Å². The molecule has 2 aromatic carbocycles. The SMILES string of the molecule is CC(C)=CCC/C(C)=C/Cc1c(O)cc(/C=C/c2ccccc2)c(C(=O)O)c1O.[Ca+2]. The van der Waals surface area contributed by atoms with E-state index in [-0.39, 0.29) is 66.6 Å². The molecule has 0 amide bonds. The fourth-order valence-corrected chi connectivity index (χ4v) is 2.99. The van der Waals surface area contributed by atoms with Gasteiger partial charge in [-0.25, -0.2) is 4.79 Å². The van der Waals surface area contributed by atoms with Gasteiger partial charge in [-0.05, 0) is 57.2 Å². The van der Waals surface area contributed by atoms with Crippen molar-refractivity contribution in [3.63, 3.8) is 0 Å². The number of carbonyl (C=O) groups is 1. The van der Waals surface area contributed by atoms with Gasteiger partial charge in [-0.15, -0.1) is 0 Å². The number of rotatable bonds is 8. The Morgan fingerprint density at radius 1 is 1.00 bits per heavy atom. The van der Waals surface area contributed by atoms with Gasteiger partial charge < -0.3 is 15.3 Å². The molecule has 0 radical (unpaired) electrons. The third-order valence-electron chi connectivity index (χ3n) is 4.63. The van der Waals surface area contributed by atoms with Gasteiger partial charge in [0.2, 0.25) is 0 Å². The van der Waals surface area contributed by atoms with Gasteiger partial charge >= 0.3 is 43.7 Å². The molecule has 0 aliphatic rings. The van der Waals surface area contributed by atoms with E-state index < -0.39 is 11.7 Å². The van der Waals surface area contributed by atoms with Crippen LogP contribution in [-0.2, 0) is 6.42 Å². The third kappa shape index (κ3) is 7.67. The molecule has 0 heterocycles. The van der Waals surface area contributed by atoms with E-state index in [9.17, 15) is 20.1 Å². The molecule has 0 fully saturated rings. The van der Waals surface area contributed by atoms with E-state index >= 15 is 0 Å². The van der Waals surface area contributed by atoms with Crippen molar-refractivity contribution in [2.24, 2.45) is 0 Å². The molecule has 152 valence electrons. The van der Waals surface area contributed by atoms with Crippen molar-refractivity contribution < 1.29 is 20.1 Å². The zero-order valence-corrected chi connectivity index (χ0v) is 20.1. The summed E-state index contributed by atoms with van der Waals surface area (Å²) in [6.07, 6.45) is 9.46. The summed E-state index contributed by atoms with van der Waals surface area (Å²) < 4.78 is 0. The van der Waals surface area contributed by atoms with E-state index in [0.717, 1.165) is 24.0 Å². The molecule has 0 aliphatic carbocycles. The Morgan fingerprint density at radius 2 is 1.67 bits per heavy atom. The van der Waals surface area contributed by atoms with Crippen LogP contribution in [0.25, 0.3) is 12.2 Å². The summed E-state index contributed by atoms with van der Waals surface area (Å²) in [4.78, 5) is 11.8. The maximum atomic E-state index is 11.8. The van der Waals surface area contributed by atoms with Crippen molar-refractivity contribution in [2.45, 2.75) is 40.0 Å². The maximum Gasteiger partial charge on any atom is 2.00 e. The van der Waals surface area contributed by atoms with Gasteiger partial charge in [0.25, 0.3) is 0 Å². The van der Waals surface area contributed by atoms with E-state index in [4.69, 9.17) is 0 Å². The molecule has 2 aromatic rings. The van der Waals surface area contributed by atoms with Crippen LogP contribution in [0.15, 0.2) is 59.7 Å². The Labute approximate surface area is 208 Å². The van der Waals surface area contributed by atoms with Crippen molar-refractivity contribution in [1.82, 2.24) is 0 Å². The van der Waals surface area contributed by atoms with Gasteiger partial charge in [-0.1, -0.05) is 65.8 Å². The summed E-state index contributed by atoms with van der Waals surface area (Å²) in [6, 6.07) is 10.8. The van der Waals surface area contributed by atoms with Crippen molar-refractivity contribution >= 4 is 55.9 Å². The molecule has 2 rings (SSSR count). The van der Waals surface area contributed by atoms with Gasteiger partial charge in [0.05, 0.1) is 0 Å². The number of phenolic OH excluding ortho intramolecular Hbond substituents is 1. The monoisotopic (exact) mass is 432 g/mol. The number of allylic oxidation sites excluding steroid dienone is 4. The first kappa shape index (κ1) is 26.0. The normalized spacial score (nSPS) is 11.2. The number of aromatic hydroxyl groups is 2. The Hall–Kier alpha value is -2.01. The molecule has 5 heteroatoms. The predicted octanol–water partition coefficient (Wildman–Crippen LogP) is 5.82. The summed E-state index contributed by atoms with van der Waals surface area (Å²) in [5, 5.41) is 30.6. The predicted molar refractivity (Wildman–Crippen MR) is 124 cm³/mol. The van der Waals surface area contributed by atoms with Crippen LogP contribution >= 0.6 is 0 Å². The molecule has 0 unspecified atom stereocenters. The molecule has 0 aliphatic heterocycles. The maximum absolute atomic E-state index is 11.8. The molecule has 0 bridgehead atoms. The quantitative estimate of drug-likeness (QED) is 0.279. The van der Waals surface area contributed by atoms with Crippen molar-refractivity contribution in [3.8, 4) is 11.5 Å². The summed E-state index contributed by atoms with van der Waals surface area (Å²) in [7, 11) is 0. The minimum absolute atomic E-state index is 0. The summed E-state index contributed by atoms with van der Waals surface area (Å²) >= 11 is 0. The summed E-state index contributed by atoms with van der Waals surface area (Å²) in [5.41, 5.74) is 3.54. The van der Waals surface area contributed by atoms with Crippen LogP contribution in [0.3, 0.4) is 0 Å². The first-order chi connectivity index (χ1) is 13.8. The first-order valence-corrected chi connectivity index (χ1v) is 9.62. The van der Waals surface area contributed by atoms with Crippen LogP contribution in [0.5, 0.6) is 11.5 Å². The molecule has 0 saturated heterocycles. The smallest absolute Gasteiger partial charge is 0.507 e. The van der Waals surface area contributed by atoms with Crippen LogP contribution in [0.1, 0.15) is 60.7 Å². The minimum atomic E-state index is -1.24. The molecular formula is C25H28CaO4+2. The molecule has 0 aromatic heterocycles. The molecule has 0 atom stereocenters. The number of hydrogen-bond donors (Lipinski definition) is 3. The average molecular weight is 433 g/mol. The summed E-state index contributed by atoms with van der Waals surface area (Å²) in [5.74, 6) is -1.74. The zero-order chi connectivity index (χ0) is 21.4. The van der Waals surface area contributed by atoms with Crippen LogP contribution in [-0.4, -0.2) is 59.0 Å². The van der Waals surface area contributed by atoms with Crippen LogP contribution in [0.2, 0.25) is 0 Å². The molecule has 30 heavy (non-hydrogen) atoms. The molecule has 3 N–H and O–H groups in total. The number of benzene rings is 2. The number of aromatic carboxylic acids is 1. The van der Waals surface area contributed by atoms with Gasteiger partial charge in [0, 0.05) is 5.56 Å². The topological polar surface area (TPSA) is 77.8 Å². The number of phenols is 2. The van der Waals surface area contributed by atoms with E-state index in [0.29, 0.717) is 0 Å². The zero-order valence-electron chi connectivity index (χ0n) is 17.9. The van der Waals surface area contributed by atoms with E-state index in [2.05, 4.69) is 19.9 Å². The fourth-order valence-electron chi connectivity index (χ4n) is 2.99. The number of carboxylic acid groups (broad SMARTS) is 1.